The van der Waals surface area contributed by atoms with Crippen molar-refractivity contribution in [1.29, 1.82) is 0 Å². The van der Waals surface area contributed by atoms with Crippen LogP contribution in [0.4, 0.5) is 5.69 Å². The van der Waals surface area contributed by atoms with Gasteiger partial charge in [-0.15, -0.1) is 0 Å². The maximum absolute atomic E-state index is 13.2. The molecule has 0 saturated heterocycles. The molecule has 0 spiro atoms. The molecule has 1 N–H and O–H groups in total. The average Bonchev–Trinajstić information content (AvgIpc) is 2.79. The fourth-order valence-electron chi connectivity index (χ4n) is 3.20. The summed E-state index contributed by atoms with van der Waals surface area (Å²) in [4.78, 5) is 24.8. The molecule has 1 aromatic heterocycles. The summed E-state index contributed by atoms with van der Waals surface area (Å²) in [6.45, 7) is 2.36. The van der Waals surface area contributed by atoms with Gasteiger partial charge in [-0.2, -0.15) is 0 Å². The fourth-order valence-corrected chi connectivity index (χ4v) is 3.20. The Bertz CT molecular complexity index is 1250. The molecule has 1 amide bonds. The third-order valence-corrected chi connectivity index (χ3v) is 4.63. The number of nitrogens with one attached hydrogen (secondary N) is 1. The van der Waals surface area contributed by atoms with Crippen molar-refractivity contribution in [2.45, 2.75) is 13.0 Å². The molecule has 0 bridgehead atoms. The lowest BCUT2D eigenvalue weighted by atomic mass is 10.1. The van der Waals surface area contributed by atoms with Gasteiger partial charge in [0.25, 0.3) is 5.91 Å². The maximum Gasteiger partial charge on any atom is 0.336 e. The van der Waals surface area contributed by atoms with E-state index < -0.39 is 11.7 Å². The van der Waals surface area contributed by atoms with Gasteiger partial charge in [0.05, 0.1) is 12.3 Å². The first kappa shape index (κ1) is 20.2. The highest BCUT2D eigenvalue weighted by atomic mass is 16.5. The van der Waals surface area contributed by atoms with E-state index in [1.165, 1.54) is 6.07 Å². The molecule has 0 radical (unpaired) electrons. The number of hydrogen-bond donors (Lipinski definition) is 1. The summed E-state index contributed by atoms with van der Waals surface area (Å²) in [5.41, 5.74) is 1.18. The van der Waals surface area contributed by atoms with E-state index in [0.29, 0.717) is 34.9 Å². The third-order valence-electron chi connectivity index (χ3n) is 4.63. The molecule has 31 heavy (non-hydrogen) atoms. The lowest BCUT2D eigenvalue weighted by molar-refractivity contribution is -0.123. The Morgan fingerprint density at radius 1 is 0.968 bits per heavy atom. The molecule has 4 rings (SSSR count). The van der Waals surface area contributed by atoms with Crippen LogP contribution in [0, 0.1) is 0 Å². The number of hydrogen-bond acceptors (Lipinski definition) is 5. The highest BCUT2D eigenvalue weighted by molar-refractivity contribution is 5.96. The number of rotatable bonds is 7. The minimum Gasteiger partial charge on any atom is -0.492 e. The molecule has 6 heteroatoms. The standard InChI is InChI=1S/C25H21NO5/c1-2-29-21-11-7-6-10-20(21)26-25(28)24(18-8-4-3-5-9-18)30-19-14-12-17-13-15-23(27)31-22(17)16-19/h3-16,24H,2H2,1H3,(H,26,28)/t24-/m0/s1. The van der Waals surface area contributed by atoms with Gasteiger partial charge in [-0.3, -0.25) is 4.79 Å². The molecule has 1 heterocycles. The number of ether oxygens (including phenoxy) is 2. The Kier molecular flexibility index (Phi) is 5.98. The molecular weight excluding hydrogens is 394 g/mol. The number of carbonyl (C=O) groups excluding carboxylic acids is 1. The second kappa shape index (κ2) is 9.17. The van der Waals surface area contributed by atoms with Crippen molar-refractivity contribution < 1.29 is 18.7 Å². The number of fused-ring (bicyclic) bond motifs is 1. The summed E-state index contributed by atoms with van der Waals surface area (Å²) < 4.78 is 16.9. The third kappa shape index (κ3) is 4.75. The lowest BCUT2D eigenvalue weighted by Crippen LogP contribution is -2.26. The summed E-state index contributed by atoms with van der Waals surface area (Å²) in [6, 6.07) is 24.6. The molecule has 4 aromatic rings. The van der Waals surface area contributed by atoms with Crippen LogP contribution in [0.3, 0.4) is 0 Å². The van der Waals surface area contributed by atoms with Crippen LogP contribution in [0.2, 0.25) is 0 Å². The van der Waals surface area contributed by atoms with Crippen LogP contribution in [-0.4, -0.2) is 12.5 Å². The van der Waals surface area contributed by atoms with Crippen LogP contribution >= 0.6 is 0 Å². The Hall–Kier alpha value is -4.06. The maximum atomic E-state index is 13.2. The molecule has 3 aromatic carbocycles. The highest BCUT2D eigenvalue weighted by Crippen LogP contribution is 2.29. The molecule has 0 aliphatic carbocycles. The van der Waals surface area contributed by atoms with Crippen LogP contribution in [0.15, 0.2) is 94.1 Å². The number of benzene rings is 3. The van der Waals surface area contributed by atoms with Crippen molar-refractivity contribution in [3.8, 4) is 11.5 Å². The van der Waals surface area contributed by atoms with E-state index in [1.54, 1.807) is 36.4 Å². The van der Waals surface area contributed by atoms with Gasteiger partial charge in [-0.05, 0) is 37.3 Å². The Labute approximate surface area is 179 Å². The average molecular weight is 415 g/mol. The first-order chi connectivity index (χ1) is 15.1. The zero-order valence-corrected chi connectivity index (χ0v) is 16.9. The van der Waals surface area contributed by atoms with Crippen LogP contribution in [-0.2, 0) is 4.79 Å². The van der Waals surface area contributed by atoms with Gasteiger partial charge in [-0.1, -0.05) is 42.5 Å². The van der Waals surface area contributed by atoms with Crippen LogP contribution in [0.1, 0.15) is 18.6 Å². The van der Waals surface area contributed by atoms with E-state index in [1.807, 2.05) is 49.4 Å². The van der Waals surface area contributed by atoms with E-state index in [4.69, 9.17) is 13.9 Å². The van der Waals surface area contributed by atoms with Crippen molar-refractivity contribution >= 4 is 22.6 Å². The van der Waals surface area contributed by atoms with Gasteiger partial charge >= 0.3 is 5.63 Å². The van der Waals surface area contributed by atoms with Gasteiger partial charge in [0.15, 0.2) is 0 Å². The smallest absolute Gasteiger partial charge is 0.336 e. The quantitative estimate of drug-likeness (QED) is 0.432. The molecule has 0 unspecified atom stereocenters. The van der Waals surface area contributed by atoms with Crippen LogP contribution in [0.25, 0.3) is 11.0 Å². The first-order valence-electron chi connectivity index (χ1n) is 9.92. The zero-order valence-electron chi connectivity index (χ0n) is 16.9. The Morgan fingerprint density at radius 3 is 2.52 bits per heavy atom. The zero-order chi connectivity index (χ0) is 21.6. The second-order valence-electron chi connectivity index (χ2n) is 6.78. The molecule has 0 aliphatic heterocycles. The molecule has 6 nitrogen and oxygen atoms in total. The second-order valence-corrected chi connectivity index (χ2v) is 6.78. The lowest BCUT2D eigenvalue weighted by Gasteiger charge is -2.20. The van der Waals surface area contributed by atoms with Crippen molar-refractivity contribution in [1.82, 2.24) is 0 Å². The van der Waals surface area contributed by atoms with E-state index in [2.05, 4.69) is 5.32 Å². The number of anilines is 1. The topological polar surface area (TPSA) is 77.8 Å². The summed E-state index contributed by atoms with van der Waals surface area (Å²) >= 11 is 0. The molecular formula is C25H21NO5. The predicted octanol–water partition coefficient (Wildman–Crippen LogP) is 4.95. The van der Waals surface area contributed by atoms with Gasteiger partial charge in [0.2, 0.25) is 6.10 Å². The van der Waals surface area contributed by atoms with E-state index >= 15 is 0 Å². The minimum absolute atomic E-state index is 0.354. The number of carbonyl (C=O) groups is 1. The highest BCUT2D eigenvalue weighted by Gasteiger charge is 2.24. The predicted molar refractivity (Wildman–Crippen MR) is 119 cm³/mol. The van der Waals surface area contributed by atoms with E-state index in [9.17, 15) is 9.59 Å². The minimum atomic E-state index is -0.927. The van der Waals surface area contributed by atoms with Gasteiger partial charge in [0.1, 0.15) is 17.1 Å². The summed E-state index contributed by atoms with van der Waals surface area (Å²) in [5.74, 6) is 0.634. The summed E-state index contributed by atoms with van der Waals surface area (Å²) in [6.07, 6.45) is -0.927. The Morgan fingerprint density at radius 2 is 1.71 bits per heavy atom. The number of para-hydroxylation sites is 2. The molecule has 0 saturated carbocycles. The van der Waals surface area contributed by atoms with E-state index in [0.717, 1.165) is 5.39 Å². The largest absolute Gasteiger partial charge is 0.492 e. The summed E-state index contributed by atoms with van der Waals surface area (Å²) in [5, 5.41) is 3.66. The number of amides is 1. The van der Waals surface area contributed by atoms with Crippen molar-refractivity contribution in [3.05, 3.63) is 101 Å². The van der Waals surface area contributed by atoms with Crippen LogP contribution < -0.4 is 20.4 Å². The normalized spacial score (nSPS) is 11.6. The van der Waals surface area contributed by atoms with Gasteiger partial charge in [-0.25, -0.2) is 4.79 Å². The van der Waals surface area contributed by atoms with Gasteiger partial charge in [0, 0.05) is 23.1 Å². The molecule has 0 aliphatic rings. The first-order valence-corrected chi connectivity index (χ1v) is 9.92. The Balaban J connectivity index is 1.65. The fraction of sp³-hybridized carbons (Fsp3) is 0.120. The van der Waals surface area contributed by atoms with Crippen molar-refractivity contribution in [3.63, 3.8) is 0 Å². The van der Waals surface area contributed by atoms with Gasteiger partial charge < -0.3 is 19.2 Å². The molecule has 0 fully saturated rings. The van der Waals surface area contributed by atoms with Crippen molar-refractivity contribution in [2.24, 2.45) is 0 Å². The van der Waals surface area contributed by atoms with Crippen molar-refractivity contribution in [2.75, 3.05) is 11.9 Å². The van der Waals surface area contributed by atoms with Crippen LogP contribution in [0.5, 0.6) is 11.5 Å². The molecule has 156 valence electrons. The SMILES string of the molecule is CCOc1ccccc1NC(=O)[C@@H](Oc1ccc2ccc(=O)oc2c1)c1ccccc1. The molecule has 1 atom stereocenters. The van der Waals surface area contributed by atoms with E-state index in [-0.39, 0.29) is 5.91 Å². The summed E-state index contributed by atoms with van der Waals surface area (Å²) in [7, 11) is 0. The monoisotopic (exact) mass is 415 g/mol.